The van der Waals surface area contributed by atoms with Gasteiger partial charge >= 0.3 is 13.8 Å². The number of phosphoric ester groups is 1. The SMILES string of the molecule is CC/C=C\C/C=C\C/C=C\C/C=C\C/C=C\C/C=C\CCCCCOCC(COP(=O)(O)OCCN)OC(=O)CCCCCCCC/C=C\C/C=C\C/C=C\CCCCC. The Kier molecular flexibility index (Phi) is 45.0. The fourth-order valence-corrected chi connectivity index (χ4v) is 6.53. The highest BCUT2D eigenvalue weighted by Crippen LogP contribution is 2.43. The van der Waals surface area contributed by atoms with E-state index in [1.165, 1.54) is 38.5 Å². The van der Waals surface area contributed by atoms with E-state index in [1.807, 2.05) is 0 Å². The van der Waals surface area contributed by atoms with E-state index in [2.05, 4.69) is 123 Å². The van der Waals surface area contributed by atoms with Gasteiger partial charge in [0.05, 0.1) is 19.8 Å². The fraction of sp³-hybridized carbons (Fsp3) is 0.627. The van der Waals surface area contributed by atoms with Crippen molar-refractivity contribution in [3.05, 3.63) is 109 Å². The van der Waals surface area contributed by atoms with Crippen molar-refractivity contribution < 1.29 is 32.8 Å². The molecule has 3 N–H and O–H groups in total. The molecule has 0 rings (SSSR count). The van der Waals surface area contributed by atoms with Gasteiger partial charge in [-0.25, -0.2) is 4.57 Å². The maximum absolute atomic E-state index is 12.6. The molecule has 0 spiro atoms. The lowest BCUT2D eigenvalue weighted by molar-refractivity contribution is -0.154. The first-order chi connectivity index (χ1) is 29.4. The van der Waals surface area contributed by atoms with E-state index in [0.717, 1.165) is 109 Å². The molecule has 60 heavy (non-hydrogen) atoms. The summed E-state index contributed by atoms with van der Waals surface area (Å²) >= 11 is 0. The lowest BCUT2D eigenvalue weighted by atomic mass is 10.1. The Morgan fingerprint density at radius 2 is 0.933 bits per heavy atom. The summed E-state index contributed by atoms with van der Waals surface area (Å²) in [5.41, 5.74) is 5.37. The van der Waals surface area contributed by atoms with Gasteiger partial charge in [0.25, 0.3) is 0 Å². The number of esters is 1. The van der Waals surface area contributed by atoms with Crippen LogP contribution in [0.4, 0.5) is 0 Å². The summed E-state index contributed by atoms with van der Waals surface area (Å²) in [5.74, 6) is -0.360. The molecule has 0 fully saturated rings. The summed E-state index contributed by atoms with van der Waals surface area (Å²) in [4.78, 5) is 22.5. The van der Waals surface area contributed by atoms with E-state index in [9.17, 15) is 14.3 Å². The number of carbonyl (C=O) groups excluding carboxylic acids is 1. The van der Waals surface area contributed by atoms with Crippen LogP contribution in [0.25, 0.3) is 0 Å². The standard InChI is InChI=1S/C51H86NO7P/c1-3-5-7-9-11-13-15-17-19-21-23-24-25-27-29-31-33-35-37-39-41-43-46-56-48-50(49-58-60(54,55)57-47-45-52)59-51(53)44-42-40-38-36-34-32-30-28-26-22-20-18-16-14-12-10-8-6-4-2/h5,7,11-14,17-20,23-24,26-29,33,35,50H,3-4,6,8-10,15-16,21-22,25,30-32,34,36-49,52H2,1-2H3,(H,54,55)/b7-5-,13-11-,14-12-,19-17-,20-18-,24-23-,28-26-,29-27-,35-33-. The Labute approximate surface area is 367 Å². The Bertz CT molecular complexity index is 1280. The predicted molar refractivity (Wildman–Crippen MR) is 256 cm³/mol. The molecule has 0 amide bonds. The van der Waals surface area contributed by atoms with E-state index in [4.69, 9.17) is 24.3 Å². The molecule has 0 aromatic heterocycles. The third-order valence-electron chi connectivity index (χ3n) is 9.17. The highest BCUT2D eigenvalue weighted by atomic mass is 31.2. The molecule has 0 saturated carbocycles. The van der Waals surface area contributed by atoms with Gasteiger partial charge in [-0.3, -0.25) is 13.8 Å². The van der Waals surface area contributed by atoms with Crippen LogP contribution in [0.5, 0.6) is 0 Å². The predicted octanol–water partition coefficient (Wildman–Crippen LogP) is 14.4. The molecule has 0 radical (unpaired) electrons. The number of hydrogen-bond acceptors (Lipinski definition) is 7. The first kappa shape index (κ1) is 57.2. The van der Waals surface area contributed by atoms with Gasteiger partial charge in [0, 0.05) is 19.6 Å². The molecule has 0 aliphatic carbocycles. The van der Waals surface area contributed by atoms with Crippen molar-refractivity contribution in [1.29, 1.82) is 0 Å². The number of unbranched alkanes of at least 4 members (excludes halogenated alkanes) is 12. The van der Waals surface area contributed by atoms with E-state index in [0.29, 0.717) is 6.61 Å². The summed E-state index contributed by atoms with van der Waals surface area (Å²) in [6.07, 6.45) is 64.0. The summed E-state index contributed by atoms with van der Waals surface area (Å²) in [5, 5.41) is 0. The lowest BCUT2D eigenvalue weighted by Gasteiger charge is -2.20. The van der Waals surface area contributed by atoms with Crippen LogP contribution in [-0.2, 0) is 27.9 Å². The van der Waals surface area contributed by atoms with Crippen molar-refractivity contribution in [2.45, 2.75) is 174 Å². The van der Waals surface area contributed by atoms with Crippen LogP contribution in [0.2, 0.25) is 0 Å². The molecule has 0 aromatic carbocycles. The quantitative estimate of drug-likeness (QED) is 0.0269. The molecule has 8 nitrogen and oxygen atoms in total. The monoisotopic (exact) mass is 856 g/mol. The van der Waals surface area contributed by atoms with Gasteiger partial charge in [0.15, 0.2) is 0 Å². The second-order valence-electron chi connectivity index (χ2n) is 14.9. The minimum Gasteiger partial charge on any atom is -0.457 e. The Morgan fingerprint density at radius 3 is 1.40 bits per heavy atom. The first-order valence-corrected chi connectivity index (χ1v) is 24.9. The van der Waals surface area contributed by atoms with Gasteiger partial charge in [-0.15, -0.1) is 0 Å². The van der Waals surface area contributed by atoms with Crippen molar-refractivity contribution in [3.63, 3.8) is 0 Å². The zero-order chi connectivity index (χ0) is 43.7. The number of rotatable bonds is 43. The Balaban J connectivity index is 4.14. The smallest absolute Gasteiger partial charge is 0.457 e. The van der Waals surface area contributed by atoms with Gasteiger partial charge in [-0.05, 0) is 103 Å². The third kappa shape index (κ3) is 46.2. The van der Waals surface area contributed by atoms with Crippen LogP contribution in [0, 0.1) is 0 Å². The van der Waals surface area contributed by atoms with Crippen LogP contribution in [0.3, 0.4) is 0 Å². The molecule has 9 heteroatoms. The average Bonchev–Trinajstić information content (AvgIpc) is 3.24. The number of allylic oxidation sites excluding steroid dienone is 18. The van der Waals surface area contributed by atoms with E-state index in [-0.39, 0.29) is 38.8 Å². The Hall–Kier alpha value is -2.84. The van der Waals surface area contributed by atoms with Crippen LogP contribution < -0.4 is 5.73 Å². The van der Waals surface area contributed by atoms with Crippen molar-refractivity contribution in [2.75, 3.05) is 33.0 Å². The fourth-order valence-electron chi connectivity index (χ4n) is 5.77. The van der Waals surface area contributed by atoms with Crippen molar-refractivity contribution in [3.8, 4) is 0 Å². The van der Waals surface area contributed by atoms with Gasteiger partial charge in [-0.1, -0.05) is 168 Å². The molecular formula is C51H86NO7P. The molecule has 0 heterocycles. The third-order valence-corrected chi connectivity index (χ3v) is 10.2. The number of carbonyl (C=O) groups is 1. The highest BCUT2D eigenvalue weighted by molar-refractivity contribution is 7.47. The van der Waals surface area contributed by atoms with Crippen molar-refractivity contribution in [2.24, 2.45) is 5.73 Å². The van der Waals surface area contributed by atoms with Crippen molar-refractivity contribution >= 4 is 13.8 Å². The van der Waals surface area contributed by atoms with Gasteiger partial charge in [0.2, 0.25) is 0 Å². The van der Waals surface area contributed by atoms with E-state index in [1.54, 1.807) is 0 Å². The number of nitrogens with two attached hydrogens (primary N) is 1. The maximum Gasteiger partial charge on any atom is 0.472 e. The van der Waals surface area contributed by atoms with Crippen LogP contribution in [0.1, 0.15) is 168 Å². The van der Waals surface area contributed by atoms with Gasteiger partial charge in [0.1, 0.15) is 6.10 Å². The van der Waals surface area contributed by atoms with E-state index < -0.39 is 13.9 Å². The first-order valence-electron chi connectivity index (χ1n) is 23.4. The highest BCUT2D eigenvalue weighted by Gasteiger charge is 2.25. The number of hydrogen-bond donors (Lipinski definition) is 2. The molecule has 0 aliphatic rings. The van der Waals surface area contributed by atoms with Crippen molar-refractivity contribution in [1.82, 2.24) is 0 Å². The zero-order valence-electron chi connectivity index (χ0n) is 37.9. The van der Waals surface area contributed by atoms with Crippen LogP contribution in [-0.4, -0.2) is 49.9 Å². The normalized spacial score (nSPS) is 14.4. The second-order valence-corrected chi connectivity index (χ2v) is 16.3. The molecule has 2 atom stereocenters. The number of phosphoric acid groups is 1. The van der Waals surface area contributed by atoms with Gasteiger partial charge < -0.3 is 20.1 Å². The number of ether oxygens (including phenoxy) is 2. The minimum atomic E-state index is -4.30. The van der Waals surface area contributed by atoms with Crippen LogP contribution in [0.15, 0.2) is 109 Å². The topological polar surface area (TPSA) is 117 Å². The zero-order valence-corrected chi connectivity index (χ0v) is 38.8. The largest absolute Gasteiger partial charge is 0.472 e. The lowest BCUT2D eigenvalue weighted by Crippen LogP contribution is -2.28. The molecule has 0 aromatic rings. The minimum absolute atomic E-state index is 0.0804. The molecule has 0 saturated heterocycles. The van der Waals surface area contributed by atoms with E-state index >= 15 is 0 Å². The Morgan fingerprint density at radius 1 is 0.517 bits per heavy atom. The molecule has 0 aliphatic heterocycles. The van der Waals surface area contributed by atoms with Crippen LogP contribution >= 0.6 is 7.82 Å². The summed E-state index contributed by atoms with van der Waals surface area (Å²) in [6.45, 7) is 4.65. The summed E-state index contributed by atoms with van der Waals surface area (Å²) in [7, 11) is -4.30. The molecule has 2 unspecified atom stereocenters. The molecule has 342 valence electrons. The summed E-state index contributed by atoms with van der Waals surface area (Å²) < 4.78 is 33.5. The maximum atomic E-state index is 12.6. The molecular weight excluding hydrogens is 770 g/mol. The molecule has 0 bridgehead atoms. The average molecular weight is 856 g/mol. The second kappa shape index (κ2) is 47.2. The van der Waals surface area contributed by atoms with Gasteiger partial charge in [-0.2, -0.15) is 0 Å². The summed E-state index contributed by atoms with van der Waals surface area (Å²) in [6, 6.07) is 0.